The van der Waals surface area contributed by atoms with Crippen LogP contribution in [0.5, 0.6) is 0 Å². The predicted octanol–water partition coefficient (Wildman–Crippen LogP) is 2.41. The maximum absolute atomic E-state index is 11.9. The van der Waals surface area contributed by atoms with Crippen LogP contribution in [-0.4, -0.2) is 47.2 Å². The molecule has 0 saturated carbocycles. The third-order valence-corrected chi connectivity index (χ3v) is 2.87. The molecule has 0 aromatic heterocycles. The van der Waals surface area contributed by atoms with E-state index in [1.165, 1.54) is 0 Å². The molecule has 5 heteroatoms. The Morgan fingerprint density at radius 3 is 2.62 bits per heavy atom. The Bertz CT molecular complexity index is 252. The number of carbonyl (C=O) groups excluding carboxylic acids is 1. The molecule has 0 bridgehead atoms. The Morgan fingerprint density at radius 2 is 2.12 bits per heavy atom. The van der Waals surface area contributed by atoms with Crippen molar-refractivity contribution in [2.24, 2.45) is 0 Å². The first-order valence-corrected chi connectivity index (χ1v) is 6.63. The molecule has 0 radical (unpaired) electrons. The van der Waals surface area contributed by atoms with Gasteiger partial charge < -0.3 is 14.4 Å². The number of carbonyl (C=O) groups is 1. The maximum atomic E-state index is 11.9. The van der Waals surface area contributed by atoms with Gasteiger partial charge in [-0.1, -0.05) is 15.9 Å². The van der Waals surface area contributed by atoms with Gasteiger partial charge in [0.15, 0.2) is 0 Å². The second-order valence-electron chi connectivity index (χ2n) is 5.11. The Morgan fingerprint density at radius 1 is 1.50 bits per heavy atom. The second kappa shape index (κ2) is 5.36. The molecule has 1 fully saturated rings. The minimum Gasteiger partial charge on any atom is -0.444 e. The lowest BCUT2D eigenvalue weighted by Crippen LogP contribution is -2.51. The number of ether oxygens (including phenoxy) is 2. The van der Waals surface area contributed by atoms with Gasteiger partial charge >= 0.3 is 6.09 Å². The van der Waals surface area contributed by atoms with Crippen LogP contribution in [0.4, 0.5) is 4.79 Å². The molecule has 2 atom stereocenters. The van der Waals surface area contributed by atoms with Crippen LogP contribution < -0.4 is 0 Å². The van der Waals surface area contributed by atoms with Gasteiger partial charge in [0.2, 0.25) is 0 Å². The van der Waals surface area contributed by atoms with Crippen LogP contribution >= 0.6 is 15.9 Å². The normalized spacial score (nSPS) is 26.7. The first-order valence-electron chi connectivity index (χ1n) is 5.51. The average Bonchev–Trinajstić information content (AvgIpc) is 2.14. The van der Waals surface area contributed by atoms with Gasteiger partial charge in [-0.2, -0.15) is 0 Å². The number of halogens is 1. The van der Waals surface area contributed by atoms with Crippen LogP contribution in [0.2, 0.25) is 0 Å². The van der Waals surface area contributed by atoms with Crippen LogP contribution in [0.1, 0.15) is 27.7 Å². The number of morpholine rings is 1. The summed E-state index contributed by atoms with van der Waals surface area (Å²) in [6.07, 6.45) is -0.145. The summed E-state index contributed by atoms with van der Waals surface area (Å²) in [5.41, 5.74) is -0.442. The Labute approximate surface area is 105 Å². The van der Waals surface area contributed by atoms with E-state index in [2.05, 4.69) is 15.9 Å². The van der Waals surface area contributed by atoms with Crippen LogP contribution in [0, 0.1) is 0 Å². The van der Waals surface area contributed by atoms with Gasteiger partial charge in [0.25, 0.3) is 0 Å². The number of rotatable bonds is 1. The summed E-state index contributed by atoms with van der Waals surface area (Å²) in [6.45, 7) is 8.76. The Hall–Kier alpha value is -0.290. The lowest BCUT2D eigenvalue weighted by Gasteiger charge is -2.36. The lowest BCUT2D eigenvalue weighted by molar-refractivity contribution is -0.0702. The molecule has 1 unspecified atom stereocenters. The molecule has 4 nitrogen and oxygen atoms in total. The fourth-order valence-corrected chi connectivity index (χ4v) is 1.96. The van der Waals surface area contributed by atoms with Crippen molar-refractivity contribution in [2.75, 3.05) is 18.4 Å². The zero-order chi connectivity index (χ0) is 12.3. The smallest absolute Gasteiger partial charge is 0.410 e. The van der Waals surface area contributed by atoms with Gasteiger partial charge in [0.05, 0.1) is 25.3 Å². The molecule has 1 heterocycles. The molecular formula is C11H20BrNO3. The highest BCUT2D eigenvalue weighted by Gasteiger charge is 2.30. The molecule has 1 amide bonds. The quantitative estimate of drug-likeness (QED) is 0.697. The summed E-state index contributed by atoms with van der Waals surface area (Å²) in [4.78, 5) is 13.6. The zero-order valence-electron chi connectivity index (χ0n) is 10.3. The zero-order valence-corrected chi connectivity index (χ0v) is 11.9. The third kappa shape index (κ3) is 4.29. The standard InChI is InChI=1S/C11H20BrNO3/c1-8-6-13(7-9(5-12)15-8)10(14)16-11(2,3)4/h8-9H,5-7H2,1-4H3/t8-,9?/m0/s1. The molecule has 0 spiro atoms. The van der Waals surface area contributed by atoms with Gasteiger partial charge in [0.1, 0.15) is 5.60 Å². The highest BCUT2D eigenvalue weighted by molar-refractivity contribution is 9.09. The molecule has 1 saturated heterocycles. The highest BCUT2D eigenvalue weighted by atomic mass is 79.9. The van der Waals surface area contributed by atoms with E-state index in [0.29, 0.717) is 13.1 Å². The Balaban J connectivity index is 2.55. The summed E-state index contributed by atoms with van der Waals surface area (Å²) >= 11 is 3.37. The van der Waals surface area contributed by atoms with Crippen molar-refractivity contribution in [1.29, 1.82) is 0 Å². The van der Waals surface area contributed by atoms with E-state index in [9.17, 15) is 4.79 Å². The third-order valence-electron chi connectivity index (χ3n) is 2.15. The van der Waals surface area contributed by atoms with Crippen molar-refractivity contribution >= 4 is 22.0 Å². The van der Waals surface area contributed by atoms with Crippen LogP contribution in [0.3, 0.4) is 0 Å². The predicted molar refractivity (Wildman–Crippen MR) is 65.9 cm³/mol. The first kappa shape index (κ1) is 13.8. The molecule has 0 aromatic carbocycles. The largest absolute Gasteiger partial charge is 0.444 e. The number of alkyl halides is 1. The topological polar surface area (TPSA) is 38.8 Å². The summed E-state index contributed by atoms with van der Waals surface area (Å²) in [5.74, 6) is 0. The summed E-state index contributed by atoms with van der Waals surface area (Å²) in [6, 6.07) is 0. The van der Waals surface area contributed by atoms with Crippen molar-refractivity contribution in [1.82, 2.24) is 4.90 Å². The lowest BCUT2D eigenvalue weighted by atomic mass is 10.2. The number of amides is 1. The number of hydrogen-bond acceptors (Lipinski definition) is 3. The minimum atomic E-state index is -0.442. The van der Waals surface area contributed by atoms with Crippen molar-refractivity contribution in [2.45, 2.75) is 45.5 Å². The van der Waals surface area contributed by atoms with Gasteiger partial charge in [-0.15, -0.1) is 0 Å². The van der Waals surface area contributed by atoms with Gasteiger partial charge in [-0.3, -0.25) is 0 Å². The molecule has 1 aliphatic heterocycles. The summed E-state index contributed by atoms with van der Waals surface area (Å²) < 4.78 is 11.0. The average molecular weight is 294 g/mol. The second-order valence-corrected chi connectivity index (χ2v) is 5.76. The van der Waals surface area contributed by atoms with E-state index in [1.54, 1.807) is 4.90 Å². The van der Waals surface area contributed by atoms with Crippen LogP contribution in [-0.2, 0) is 9.47 Å². The highest BCUT2D eigenvalue weighted by Crippen LogP contribution is 2.16. The van der Waals surface area contributed by atoms with Gasteiger partial charge in [-0.05, 0) is 27.7 Å². The molecule has 94 valence electrons. The van der Waals surface area contributed by atoms with Crippen molar-refractivity contribution in [3.8, 4) is 0 Å². The van der Waals surface area contributed by atoms with E-state index in [1.807, 2.05) is 27.7 Å². The Kier molecular flexibility index (Phi) is 4.62. The van der Waals surface area contributed by atoms with Gasteiger partial charge in [-0.25, -0.2) is 4.79 Å². The van der Waals surface area contributed by atoms with E-state index < -0.39 is 5.60 Å². The van der Waals surface area contributed by atoms with Crippen LogP contribution in [0.25, 0.3) is 0 Å². The number of nitrogens with zero attached hydrogens (tertiary/aromatic N) is 1. The molecule has 0 aromatic rings. The first-order chi connectivity index (χ1) is 7.31. The van der Waals surface area contributed by atoms with E-state index >= 15 is 0 Å². The fraction of sp³-hybridized carbons (Fsp3) is 0.909. The van der Waals surface area contributed by atoms with E-state index in [0.717, 1.165) is 5.33 Å². The summed E-state index contributed by atoms with van der Waals surface area (Å²) in [5, 5.41) is 0.733. The fourth-order valence-electron chi connectivity index (χ4n) is 1.61. The number of hydrogen-bond donors (Lipinski definition) is 0. The minimum absolute atomic E-state index is 0.0521. The van der Waals surface area contributed by atoms with E-state index in [4.69, 9.17) is 9.47 Å². The molecule has 1 rings (SSSR count). The maximum Gasteiger partial charge on any atom is 0.410 e. The molecule has 0 N–H and O–H groups in total. The van der Waals surface area contributed by atoms with E-state index in [-0.39, 0.29) is 18.3 Å². The van der Waals surface area contributed by atoms with Crippen molar-refractivity contribution in [3.63, 3.8) is 0 Å². The SMILES string of the molecule is C[C@H]1CN(C(=O)OC(C)(C)C)CC(CBr)O1. The molecule has 16 heavy (non-hydrogen) atoms. The molecule has 0 aliphatic carbocycles. The monoisotopic (exact) mass is 293 g/mol. The van der Waals surface area contributed by atoms with Crippen LogP contribution in [0.15, 0.2) is 0 Å². The van der Waals surface area contributed by atoms with Gasteiger partial charge in [0, 0.05) is 5.33 Å². The molecular weight excluding hydrogens is 274 g/mol. The molecule has 1 aliphatic rings. The van der Waals surface area contributed by atoms with Crippen molar-refractivity contribution < 1.29 is 14.3 Å². The van der Waals surface area contributed by atoms with Crippen molar-refractivity contribution in [3.05, 3.63) is 0 Å². The summed E-state index contributed by atoms with van der Waals surface area (Å²) in [7, 11) is 0.